The highest BCUT2D eigenvalue weighted by Gasteiger charge is 2.48. The number of thioether (sulfide) groups is 1. The molecule has 0 amide bonds. The lowest BCUT2D eigenvalue weighted by atomic mass is 9.98. The second-order valence-electron chi connectivity index (χ2n) is 4.37. The molecule has 0 radical (unpaired) electrons. The largest absolute Gasteiger partial charge is 0.480 e. The van der Waals surface area contributed by atoms with E-state index in [9.17, 15) is 15.0 Å². The maximum Gasteiger partial charge on any atom is 0.317 e. The van der Waals surface area contributed by atoms with Crippen molar-refractivity contribution in [2.75, 3.05) is 20.1 Å². The predicted molar refractivity (Wildman–Crippen MR) is 69.1 cm³/mol. The normalized spacial score (nSPS) is 39.9. The number of nitrogens with zero attached hydrogens (tertiary/aromatic N) is 1. The molecular formula is C10H17N3O5S. The summed E-state index contributed by atoms with van der Waals surface area (Å²) in [5.41, 5.74) is -0.339. The van der Waals surface area contributed by atoms with Crippen LogP contribution in [0.4, 0.5) is 0 Å². The standard InChI is InChI=1S/C10H17N3O5S/c1-11-10-13-6-8(17)7(16)4(18-9(6)19-10)2-12-3-5(14)15/h4,6-9,12,16-17H,2-3H2,1H3,(H,11,13)(H,14,15)/t4-,6-,7+,8-,9-/m1/s1. The molecule has 9 heteroatoms. The van der Waals surface area contributed by atoms with Crippen molar-refractivity contribution in [1.82, 2.24) is 10.6 Å². The molecule has 0 saturated carbocycles. The van der Waals surface area contributed by atoms with Gasteiger partial charge in [-0.1, -0.05) is 11.8 Å². The number of aliphatic imine (C=N–C) groups is 1. The van der Waals surface area contributed by atoms with Gasteiger partial charge in [-0.2, -0.15) is 0 Å². The number of hydrogen-bond donors (Lipinski definition) is 5. The summed E-state index contributed by atoms with van der Waals surface area (Å²) in [4.78, 5) is 14.4. The molecule has 0 aromatic rings. The van der Waals surface area contributed by atoms with Gasteiger partial charge in [-0.3, -0.25) is 9.79 Å². The highest BCUT2D eigenvalue weighted by Crippen LogP contribution is 2.33. The number of carboxylic acids is 1. The molecule has 2 aliphatic heterocycles. The average molecular weight is 291 g/mol. The molecule has 2 saturated heterocycles. The van der Waals surface area contributed by atoms with Crippen molar-refractivity contribution in [1.29, 1.82) is 0 Å². The van der Waals surface area contributed by atoms with Crippen LogP contribution in [0.3, 0.4) is 0 Å². The van der Waals surface area contributed by atoms with Crippen LogP contribution >= 0.6 is 11.8 Å². The third kappa shape index (κ3) is 3.18. The second-order valence-corrected chi connectivity index (χ2v) is 5.45. The first-order valence-corrected chi connectivity index (χ1v) is 6.75. The summed E-state index contributed by atoms with van der Waals surface area (Å²) < 4.78 is 5.66. The molecular weight excluding hydrogens is 274 g/mol. The van der Waals surface area contributed by atoms with Crippen LogP contribution in [0.25, 0.3) is 0 Å². The van der Waals surface area contributed by atoms with E-state index < -0.39 is 30.3 Å². The molecule has 0 unspecified atom stereocenters. The quantitative estimate of drug-likeness (QED) is 0.395. The number of aliphatic hydroxyl groups excluding tert-OH is 2. The SMILES string of the molecule is CN=C1N[C@@H]2[C@@H](O)[C@@H](O)[C@@H](CNCC(=O)O)O[C@@H]2S1. The zero-order valence-corrected chi connectivity index (χ0v) is 11.1. The van der Waals surface area contributed by atoms with Gasteiger partial charge in [0.2, 0.25) is 0 Å². The van der Waals surface area contributed by atoms with E-state index in [1.807, 2.05) is 0 Å². The fourth-order valence-electron chi connectivity index (χ4n) is 2.08. The maximum atomic E-state index is 10.4. The monoisotopic (exact) mass is 291 g/mol. The number of hydrogen-bond acceptors (Lipinski definition) is 7. The van der Waals surface area contributed by atoms with Crippen LogP contribution in [0.15, 0.2) is 4.99 Å². The number of aliphatic carboxylic acids is 1. The lowest BCUT2D eigenvalue weighted by molar-refractivity contribution is -0.154. The molecule has 2 rings (SSSR count). The Bertz CT molecular complexity index is 380. The Hall–Kier alpha value is -0.870. The zero-order valence-electron chi connectivity index (χ0n) is 10.3. The highest BCUT2D eigenvalue weighted by atomic mass is 32.2. The molecule has 2 fully saturated rings. The van der Waals surface area contributed by atoms with Gasteiger partial charge in [-0.05, 0) is 0 Å². The van der Waals surface area contributed by atoms with E-state index in [1.54, 1.807) is 7.05 Å². The van der Waals surface area contributed by atoms with Crippen molar-refractivity contribution in [3.63, 3.8) is 0 Å². The van der Waals surface area contributed by atoms with E-state index in [1.165, 1.54) is 11.8 Å². The highest BCUT2D eigenvalue weighted by molar-refractivity contribution is 8.14. The summed E-state index contributed by atoms with van der Waals surface area (Å²) in [5.74, 6) is -0.985. The molecule has 5 atom stereocenters. The average Bonchev–Trinajstić information content (AvgIpc) is 2.78. The molecule has 8 nitrogen and oxygen atoms in total. The van der Waals surface area contributed by atoms with Gasteiger partial charge in [0, 0.05) is 13.6 Å². The van der Waals surface area contributed by atoms with Crippen LogP contribution < -0.4 is 10.6 Å². The van der Waals surface area contributed by atoms with Crippen LogP contribution in [0.5, 0.6) is 0 Å². The summed E-state index contributed by atoms with van der Waals surface area (Å²) in [7, 11) is 1.63. The fourth-order valence-corrected chi connectivity index (χ4v) is 3.18. The number of rotatable bonds is 4. The number of carbonyl (C=O) groups is 1. The van der Waals surface area contributed by atoms with Crippen LogP contribution in [0.2, 0.25) is 0 Å². The van der Waals surface area contributed by atoms with Gasteiger partial charge in [0.15, 0.2) is 5.17 Å². The van der Waals surface area contributed by atoms with E-state index in [-0.39, 0.29) is 18.5 Å². The molecule has 2 heterocycles. The summed E-state index contributed by atoms with van der Waals surface area (Å²) >= 11 is 1.35. The van der Waals surface area contributed by atoms with Crippen molar-refractivity contribution in [3.05, 3.63) is 0 Å². The number of aliphatic hydroxyl groups is 2. The van der Waals surface area contributed by atoms with E-state index in [2.05, 4.69) is 15.6 Å². The molecule has 0 aromatic heterocycles. The Kier molecular flexibility index (Phi) is 4.63. The minimum Gasteiger partial charge on any atom is -0.480 e. The third-order valence-electron chi connectivity index (χ3n) is 3.04. The summed E-state index contributed by atoms with van der Waals surface area (Å²) in [6.07, 6.45) is -2.71. The van der Waals surface area contributed by atoms with Crippen molar-refractivity contribution < 1.29 is 24.9 Å². The number of ether oxygens (including phenoxy) is 1. The third-order valence-corrected chi connectivity index (χ3v) is 4.20. The minimum absolute atomic E-state index is 0.160. The van der Waals surface area contributed by atoms with Crippen molar-refractivity contribution >= 4 is 22.9 Å². The maximum absolute atomic E-state index is 10.4. The molecule has 0 aliphatic carbocycles. The molecule has 0 bridgehead atoms. The van der Waals surface area contributed by atoms with E-state index in [4.69, 9.17) is 9.84 Å². The summed E-state index contributed by atoms with van der Waals surface area (Å²) in [6, 6.07) is -0.408. The minimum atomic E-state index is -1.08. The first-order chi connectivity index (χ1) is 9.02. The number of carboxylic acid groups (broad SMARTS) is 1. The van der Waals surface area contributed by atoms with E-state index in [0.717, 1.165) is 0 Å². The van der Waals surface area contributed by atoms with Gasteiger partial charge in [0.25, 0.3) is 0 Å². The molecule has 0 aromatic carbocycles. The van der Waals surface area contributed by atoms with E-state index in [0.29, 0.717) is 5.17 Å². The zero-order chi connectivity index (χ0) is 14.0. The number of nitrogens with one attached hydrogen (secondary N) is 2. The van der Waals surface area contributed by atoms with Crippen LogP contribution in [-0.2, 0) is 9.53 Å². The van der Waals surface area contributed by atoms with Gasteiger partial charge in [0.05, 0.1) is 12.6 Å². The van der Waals surface area contributed by atoms with Gasteiger partial charge in [-0.25, -0.2) is 0 Å². The Morgan fingerprint density at radius 1 is 1.53 bits per heavy atom. The summed E-state index contributed by atoms with van der Waals surface area (Å²) in [6.45, 7) is -0.0588. The van der Waals surface area contributed by atoms with Crippen LogP contribution in [0.1, 0.15) is 0 Å². The fraction of sp³-hybridized carbons (Fsp3) is 0.800. The smallest absolute Gasteiger partial charge is 0.317 e. The molecule has 19 heavy (non-hydrogen) atoms. The number of fused-ring (bicyclic) bond motifs is 1. The van der Waals surface area contributed by atoms with Crippen LogP contribution in [-0.4, -0.2) is 76.4 Å². The van der Waals surface area contributed by atoms with Gasteiger partial charge in [0.1, 0.15) is 23.7 Å². The Labute approximate surface area is 114 Å². The second kappa shape index (κ2) is 6.06. The van der Waals surface area contributed by atoms with Crippen molar-refractivity contribution in [3.8, 4) is 0 Å². The van der Waals surface area contributed by atoms with Crippen LogP contribution in [0, 0.1) is 0 Å². The first-order valence-electron chi connectivity index (χ1n) is 5.87. The summed E-state index contributed by atoms with van der Waals surface area (Å²) in [5, 5.41) is 34.8. The Balaban J connectivity index is 1.94. The first kappa shape index (κ1) is 14.5. The van der Waals surface area contributed by atoms with Crippen molar-refractivity contribution in [2.24, 2.45) is 4.99 Å². The molecule has 108 valence electrons. The molecule has 5 N–H and O–H groups in total. The van der Waals surface area contributed by atoms with Crippen molar-refractivity contribution in [2.45, 2.75) is 29.8 Å². The Morgan fingerprint density at radius 3 is 2.89 bits per heavy atom. The Morgan fingerprint density at radius 2 is 2.26 bits per heavy atom. The lowest BCUT2D eigenvalue weighted by Crippen LogP contribution is -2.60. The predicted octanol–water partition coefficient (Wildman–Crippen LogP) is -2.20. The number of amidine groups is 1. The van der Waals surface area contributed by atoms with Gasteiger partial charge >= 0.3 is 5.97 Å². The van der Waals surface area contributed by atoms with Gasteiger partial charge < -0.3 is 30.7 Å². The van der Waals surface area contributed by atoms with E-state index >= 15 is 0 Å². The lowest BCUT2D eigenvalue weighted by Gasteiger charge is -2.38. The molecule has 2 aliphatic rings. The molecule has 0 spiro atoms. The topological polar surface area (TPSA) is 123 Å². The van der Waals surface area contributed by atoms with Gasteiger partial charge in [-0.15, -0.1) is 0 Å².